The lowest BCUT2D eigenvalue weighted by atomic mass is 10.4. The van der Waals surface area contributed by atoms with Gasteiger partial charge in [0.15, 0.2) is 16.1 Å². The topological polar surface area (TPSA) is 102 Å². The maximum Gasteiger partial charge on any atom is 0.276 e. The monoisotopic (exact) mass is 362 g/mol. The minimum Gasteiger partial charge on any atom is -0.333 e. The lowest BCUT2D eigenvalue weighted by Crippen LogP contribution is -2.12. The fourth-order valence-electron chi connectivity index (χ4n) is 1.99. The highest BCUT2D eigenvalue weighted by atomic mass is 32.1. The molecular weight excluding hydrogens is 348 g/mol. The zero-order valence-corrected chi connectivity index (χ0v) is 14.8. The summed E-state index contributed by atoms with van der Waals surface area (Å²) in [5, 5.41) is 7.72. The van der Waals surface area contributed by atoms with E-state index in [0.29, 0.717) is 10.3 Å². The molecule has 0 aliphatic rings. The highest BCUT2D eigenvalue weighted by molar-refractivity contribution is 7.19. The Labute approximate surface area is 145 Å². The van der Waals surface area contributed by atoms with Crippen LogP contribution in [0.1, 0.15) is 23.1 Å². The van der Waals surface area contributed by atoms with Crippen molar-refractivity contribution in [3.8, 4) is 10.7 Å². The molecule has 0 fully saturated rings. The normalized spacial score (nSPS) is 10.6. The van der Waals surface area contributed by atoms with Gasteiger partial charge in [-0.2, -0.15) is 0 Å². The van der Waals surface area contributed by atoms with Gasteiger partial charge in [-0.3, -0.25) is 14.9 Å². The Bertz CT molecular complexity index is 910. The van der Waals surface area contributed by atoms with Gasteiger partial charge in [0, 0.05) is 31.7 Å². The lowest BCUT2D eigenvalue weighted by Gasteiger charge is -1.98. The van der Waals surface area contributed by atoms with Gasteiger partial charge in [0.25, 0.3) is 5.91 Å². The number of carbonyl (C=O) groups excluding carboxylic acids is 2. The van der Waals surface area contributed by atoms with Crippen LogP contribution in [-0.4, -0.2) is 31.3 Å². The molecule has 2 N–H and O–H groups in total. The molecule has 10 heteroatoms. The lowest BCUT2D eigenvalue weighted by molar-refractivity contribution is -0.114. The molecule has 8 nitrogen and oxygen atoms in total. The minimum atomic E-state index is -0.372. The second-order valence-electron chi connectivity index (χ2n) is 4.97. The standard InChI is InChI=1S/C14H14N6O2S2/c1-7-10(11-15-4-5-20(11)3)24-14(16-7)19-12(22)9-6-23-13(18-9)17-8(2)21/h4-6H,1-3H3,(H,16,19,22)(H,17,18,21). The van der Waals surface area contributed by atoms with Crippen molar-refractivity contribution in [3.63, 3.8) is 0 Å². The van der Waals surface area contributed by atoms with Gasteiger partial charge in [-0.25, -0.2) is 15.0 Å². The number of thiazole rings is 2. The Morgan fingerprint density at radius 3 is 2.67 bits per heavy atom. The second-order valence-corrected chi connectivity index (χ2v) is 6.83. The fraction of sp³-hybridized carbons (Fsp3) is 0.214. The Kier molecular flexibility index (Phi) is 4.40. The van der Waals surface area contributed by atoms with Crippen LogP contribution < -0.4 is 10.6 Å². The molecule has 0 radical (unpaired) electrons. The summed E-state index contributed by atoms with van der Waals surface area (Å²) in [6.07, 6.45) is 3.57. The Balaban J connectivity index is 1.77. The van der Waals surface area contributed by atoms with E-state index in [2.05, 4.69) is 25.6 Å². The van der Waals surface area contributed by atoms with Gasteiger partial charge in [0.05, 0.1) is 10.6 Å². The maximum absolute atomic E-state index is 12.3. The molecule has 3 heterocycles. The van der Waals surface area contributed by atoms with Crippen molar-refractivity contribution in [2.45, 2.75) is 13.8 Å². The van der Waals surface area contributed by atoms with Crippen molar-refractivity contribution in [2.75, 3.05) is 10.6 Å². The van der Waals surface area contributed by atoms with Crippen LogP contribution in [0, 0.1) is 6.92 Å². The van der Waals surface area contributed by atoms with Crippen LogP contribution >= 0.6 is 22.7 Å². The molecule has 0 unspecified atom stereocenters. The number of nitrogens with one attached hydrogen (secondary N) is 2. The number of hydrogen-bond acceptors (Lipinski definition) is 7. The first kappa shape index (κ1) is 16.3. The molecule has 0 saturated carbocycles. The van der Waals surface area contributed by atoms with E-state index in [1.807, 2.05) is 24.7 Å². The van der Waals surface area contributed by atoms with Crippen LogP contribution in [0.25, 0.3) is 10.7 Å². The van der Waals surface area contributed by atoms with E-state index >= 15 is 0 Å². The summed E-state index contributed by atoms with van der Waals surface area (Å²) in [6.45, 7) is 3.26. The summed E-state index contributed by atoms with van der Waals surface area (Å²) in [5.41, 5.74) is 1.02. The molecule has 3 aromatic rings. The van der Waals surface area contributed by atoms with Gasteiger partial charge in [0.1, 0.15) is 5.69 Å². The molecule has 0 aliphatic heterocycles. The van der Waals surface area contributed by atoms with E-state index in [-0.39, 0.29) is 17.5 Å². The smallest absolute Gasteiger partial charge is 0.276 e. The summed E-state index contributed by atoms with van der Waals surface area (Å²) in [4.78, 5) is 36.9. The van der Waals surface area contributed by atoms with Crippen molar-refractivity contribution in [1.29, 1.82) is 0 Å². The predicted molar refractivity (Wildman–Crippen MR) is 93.4 cm³/mol. The van der Waals surface area contributed by atoms with Crippen LogP contribution in [0.5, 0.6) is 0 Å². The number of anilines is 2. The molecule has 2 amide bonds. The van der Waals surface area contributed by atoms with Crippen molar-refractivity contribution < 1.29 is 9.59 Å². The number of amides is 2. The largest absolute Gasteiger partial charge is 0.333 e. The third kappa shape index (κ3) is 3.34. The fourth-order valence-corrected chi connectivity index (χ4v) is 3.73. The van der Waals surface area contributed by atoms with E-state index in [1.165, 1.54) is 29.6 Å². The van der Waals surface area contributed by atoms with Gasteiger partial charge < -0.3 is 9.88 Å². The van der Waals surface area contributed by atoms with Gasteiger partial charge in [-0.1, -0.05) is 11.3 Å². The van der Waals surface area contributed by atoms with Gasteiger partial charge in [0.2, 0.25) is 5.91 Å². The molecule has 3 rings (SSSR count). The van der Waals surface area contributed by atoms with Crippen molar-refractivity contribution in [1.82, 2.24) is 19.5 Å². The Hall–Kier alpha value is -2.59. The molecule has 0 atom stereocenters. The number of rotatable bonds is 4. The van der Waals surface area contributed by atoms with E-state index < -0.39 is 0 Å². The zero-order valence-electron chi connectivity index (χ0n) is 13.2. The Morgan fingerprint density at radius 2 is 2.00 bits per heavy atom. The quantitative estimate of drug-likeness (QED) is 0.742. The van der Waals surface area contributed by atoms with Crippen molar-refractivity contribution >= 4 is 44.8 Å². The van der Waals surface area contributed by atoms with Crippen LogP contribution in [0.3, 0.4) is 0 Å². The SMILES string of the molecule is CC(=O)Nc1nc(C(=O)Nc2nc(C)c(-c3nccn3C)s2)cs1. The third-order valence-corrected chi connectivity index (χ3v) is 4.89. The first-order valence-corrected chi connectivity index (χ1v) is 8.63. The van der Waals surface area contributed by atoms with Gasteiger partial charge in [-0.05, 0) is 6.92 Å². The molecular formula is C14H14N6O2S2. The first-order chi connectivity index (χ1) is 11.4. The van der Waals surface area contributed by atoms with E-state index in [4.69, 9.17) is 0 Å². The van der Waals surface area contributed by atoms with Gasteiger partial charge >= 0.3 is 0 Å². The van der Waals surface area contributed by atoms with E-state index in [1.54, 1.807) is 11.6 Å². The number of aryl methyl sites for hydroxylation is 2. The van der Waals surface area contributed by atoms with Crippen LogP contribution in [0.2, 0.25) is 0 Å². The van der Waals surface area contributed by atoms with Gasteiger partial charge in [-0.15, -0.1) is 11.3 Å². The van der Waals surface area contributed by atoms with Crippen molar-refractivity contribution in [3.05, 3.63) is 29.2 Å². The van der Waals surface area contributed by atoms with Crippen molar-refractivity contribution in [2.24, 2.45) is 7.05 Å². The number of hydrogen-bond donors (Lipinski definition) is 2. The second kappa shape index (κ2) is 6.49. The number of carbonyl (C=O) groups is 2. The molecule has 0 aliphatic carbocycles. The minimum absolute atomic E-state index is 0.230. The van der Waals surface area contributed by atoms with Crippen LogP contribution in [0.15, 0.2) is 17.8 Å². The van der Waals surface area contributed by atoms with E-state index in [0.717, 1.165) is 16.4 Å². The molecule has 124 valence electrons. The van der Waals surface area contributed by atoms with E-state index in [9.17, 15) is 9.59 Å². The summed E-state index contributed by atoms with van der Waals surface area (Å²) < 4.78 is 1.90. The average molecular weight is 362 g/mol. The van der Waals surface area contributed by atoms with Crippen LogP contribution in [0.4, 0.5) is 10.3 Å². The first-order valence-electron chi connectivity index (χ1n) is 6.93. The third-order valence-electron chi connectivity index (χ3n) is 3.06. The zero-order chi connectivity index (χ0) is 17.3. The van der Waals surface area contributed by atoms with Crippen LogP contribution in [-0.2, 0) is 11.8 Å². The molecule has 0 spiro atoms. The molecule has 0 bridgehead atoms. The number of imidazole rings is 1. The molecule has 0 saturated heterocycles. The number of nitrogens with zero attached hydrogens (tertiary/aromatic N) is 4. The average Bonchev–Trinajstić information content (AvgIpc) is 3.19. The summed E-state index contributed by atoms with van der Waals surface area (Å²) in [5.74, 6) is 0.196. The highest BCUT2D eigenvalue weighted by Crippen LogP contribution is 2.31. The highest BCUT2D eigenvalue weighted by Gasteiger charge is 2.17. The summed E-state index contributed by atoms with van der Waals surface area (Å²) in [7, 11) is 1.90. The Morgan fingerprint density at radius 1 is 1.21 bits per heavy atom. The molecule has 0 aromatic carbocycles. The predicted octanol–water partition coefficient (Wildman–Crippen LogP) is 2.52. The summed E-state index contributed by atoms with van der Waals surface area (Å²) >= 11 is 2.54. The molecule has 3 aromatic heterocycles. The number of aromatic nitrogens is 4. The molecule has 24 heavy (non-hydrogen) atoms. The maximum atomic E-state index is 12.3. The summed E-state index contributed by atoms with van der Waals surface area (Å²) in [6, 6.07) is 0.